The van der Waals surface area contributed by atoms with Crippen molar-refractivity contribution in [3.8, 4) is 0 Å². The predicted molar refractivity (Wildman–Crippen MR) is 67.4 cm³/mol. The van der Waals surface area contributed by atoms with Crippen LogP contribution in [-0.4, -0.2) is 11.5 Å². The molecule has 0 aliphatic heterocycles. The van der Waals surface area contributed by atoms with Gasteiger partial charge in [-0.2, -0.15) is 4.39 Å². The summed E-state index contributed by atoms with van der Waals surface area (Å²) in [5.41, 5.74) is 1.19. The molecular formula is C14H15FN2. The highest BCUT2D eigenvalue weighted by atomic mass is 19.1. The monoisotopic (exact) mass is 230 g/mol. The summed E-state index contributed by atoms with van der Waals surface area (Å²) in [6.07, 6.45) is 0. The number of pyridine rings is 1. The Bertz CT molecular complexity index is 471. The fourth-order valence-electron chi connectivity index (χ4n) is 1.73. The fraction of sp³-hybridized carbons (Fsp3) is 0.214. The van der Waals surface area contributed by atoms with Crippen LogP contribution in [-0.2, 0) is 6.54 Å². The average Bonchev–Trinajstić information content (AvgIpc) is 2.37. The topological polar surface area (TPSA) is 16.1 Å². The van der Waals surface area contributed by atoms with Crippen molar-refractivity contribution in [1.82, 2.24) is 4.98 Å². The lowest BCUT2D eigenvalue weighted by atomic mass is 10.2. The summed E-state index contributed by atoms with van der Waals surface area (Å²) in [5.74, 6) is 0.241. The van der Waals surface area contributed by atoms with Gasteiger partial charge in [0, 0.05) is 13.1 Å². The minimum Gasteiger partial charge on any atom is -0.352 e. The van der Waals surface area contributed by atoms with E-state index < -0.39 is 5.95 Å². The Morgan fingerprint density at radius 3 is 2.47 bits per heavy atom. The Balaban J connectivity index is 2.17. The summed E-state index contributed by atoms with van der Waals surface area (Å²) in [6, 6.07) is 15.0. The molecule has 2 aromatic rings. The first kappa shape index (κ1) is 11.6. The number of benzene rings is 1. The third-order valence-electron chi connectivity index (χ3n) is 2.62. The van der Waals surface area contributed by atoms with E-state index in [0.29, 0.717) is 5.82 Å². The Kier molecular flexibility index (Phi) is 3.70. The van der Waals surface area contributed by atoms with E-state index >= 15 is 0 Å². The molecule has 0 N–H and O–H groups in total. The molecule has 0 unspecified atom stereocenters. The zero-order chi connectivity index (χ0) is 12.1. The molecule has 0 aliphatic rings. The molecule has 0 fully saturated rings. The lowest BCUT2D eigenvalue weighted by molar-refractivity contribution is 0.580. The first-order valence-corrected chi connectivity index (χ1v) is 5.71. The summed E-state index contributed by atoms with van der Waals surface area (Å²) in [6.45, 7) is 3.58. The molecule has 0 atom stereocenters. The van der Waals surface area contributed by atoms with Gasteiger partial charge in [0.15, 0.2) is 0 Å². The van der Waals surface area contributed by atoms with Gasteiger partial charge in [0.25, 0.3) is 0 Å². The van der Waals surface area contributed by atoms with Crippen molar-refractivity contribution in [2.75, 3.05) is 11.4 Å². The number of hydrogen-bond acceptors (Lipinski definition) is 2. The maximum atomic E-state index is 13.1. The van der Waals surface area contributed by atoms with Gasteiger partial charge in [0.2, 0.25) is 5.95 Å². The van der Waals surface area contributed by atoms with Gasteiger partial charge in [0.1, 0.15) is 5.82 Å². The van der Waals surface area contributed by atoms with Crippen LogP contribution in [0, 0.1) is 5.95 Å². The molecule has 0 saturated carbocycles. The van der Waals surface area contributed by atoms with E-state index in [2.05, 4.69) is 17.1 Å². The van der Waals surface area contributed by atoms with Crippen LogP contribution in [0.3, 0.4) is 0 Å². The van der Waals surface area contributed by atoms with E-state index in [1.54, 1.807) is 6.07 Å². The normalized spacial score (nSPS) is 10.2. The molecule has 1 aromatic heterocycles. The quantitative estimate of drug-likeness (QED) is 0.749. The first-order chi connectivity index (χ1) is 8.29. The molecule has 88 valence electrons. The molecule has 1 heterocycles. The largest absolute Gasteiger partial charge is 0.352 e. The van der Waals surface area contributed by atoms with Gasteiger partial charge in [-0.15, -0.1) is 0 Å². The maximum absolute atomic E-state index is 13.1. The van der Waals surface area contributed by atoms with Gasteiger partial charge in [-0.3, -0.25) is 0 Å². The van der Waals surface area contributed by atoms with Gasteiger partial charge in [0.05, 0.1) is 0 Å². The Labute approximate surface area is 101 Å². The third-order valence-corrected chi connectivity index (χ3v) is 2.62. The van der Waals surface area contributed by atoms with Crippen LogP contribution < -0.4 is 4.90 Å². The molecule has 2 rings (SSSR count). The molecule has 2 nitrogen and oxygen atoms in total. The second kappa shape index (κ2) is 5.43. The molecule has 3 heteroatoms. The van der Waals surface area contributed by atoms with E-state index in [0.717, 1.165) is 13.1 Å². The van der Waals surface area contributed by atoms with Crippen LogP contribution in [0.25, 0.3) is 0 Å². The van der Waals surface area contributed by atoms with E-state index in [1.807, 2.05) is 36.1 Å². The lowest BCUT2D eigenvalue weighted by Crippen LogP contribution is -2.23. The molecule has 17 heavy (non-hydrogen) atoms. The van der Waals surface area contributed by atoms with Crippen molar-refractivity contribution in [2.24, 2.45) is 0 Å². The summed E-state index contributed by atoms with van der Waals surface area (Å²) >= 11 is 0. The Morgan fingerprint density at radius 1 is 1.06 bits per heavy atom. The number of nitrogens with zero attached hydrogens (tertiary/aromatic N) is 2. The van der Waals surface area contributed by atoms with Gasteiger partial charge < -0.3 is 4.90 Å². The molecule has 0 bridgehead atoms. The van der Waals surface area contributed by atoms with Crippen LogP contribution in [0.4, 0.5) is 10.2 Å². The second-order valence-corrected chi connectivity index (χ2v) is 3.82. The van der Waals surface area contributed by atoms with Crippen LogP contribution in [0.2, 0.25) is 0 Å². The first-order valence-electron chi connectivity index (χ1n) is 5.71. The fourth-order valence-corrected chi connectivity index (χ4v) is 1.73. The molecule has 0 spiro atoms. The Morgan fingerprint density at radius 2 is 1.82 bits per heavy atom. The van der Waals surface area contributed by atoms with E-state index in [4.69, 9.17) is 0 Å². The number of hydrogen-bond donors (Lipinski definition) is 0. The summed E-state index contributed by atoms with van der Waals surface area (Å²) in [4.78, 5) is 5.94. The van der Waals surface area contributed by atoms with E-state index in [1.165, 1.54) is 11.6 Å². The van der Waals surface area contributed by atoms with Crippen molar-refractivity contribution in [2.45, 2.75) is 13.5 Å². The molecule has 0 saturated heterocycles. The zero-order valence-corrected chi connectivity index (χ0v) is 9.81. The average molecular weight is 230 g/mol. The zero-order valence-electron chi connectivity index (χ0n) is 9.81. The number of anilines is 1. The molecule has 0 amide bonds. The number of rotatable bonds is 4. The molecule has 0 aliphatic carbocycles. The van der Waals surface area contributed by atoms with Gasteiger partial charge >= 0.3 is 0 Å². The molecule has 0 radical (unpaired) electrons. The molecule has 1 aromatic carbocycles. The van der Waals surface area contributed by atoms with Crippen LogP contribution in [0.5, 0.6) is 0 Å². The van der Waals surface area contributed by atoms with Gasteiger partial charge in [-0.05, 0) is 24.6 Å². The van der Waals surface area contributed by atoms with E-state index in [-0.39, 0.29) is 0 Å². The van der Waals surface area contributed by atoms with Crippen LogP contribution in [0.15, 0.2) is 48.5 Å². The van der Waals surface area contributed by atoms with E-state index in [9.17, 15) is 4.39 Å². The van der Waals surface area contributed by atoms with Crippen LogP contribution in [0.1, 0.15) is 12.5 Å². The summed E-state index contributed by atoms with van der Waals surface area (Å²) < 4.78 is 13.1. The number of halogens is 1. The van der Waals surface area contributed by atoms with Crippen LogP contribution >= 0.6 is 0 Å². The highest BCUT2D eigenvalue weighted by Crippen LogP contribution is 2.14. The van der Waals surface area contributed by atoms with Gasteiger partial charge in [-0.25, -0.2) is 4.98 Å². The van der Waals surface area contributed by atoms with Crippen molar-refractivity contribution in [3.63, 3.8) is 0 Å². The van der Waals surface area contributed by atoms with Gasteiger partial charge in [-0.1, -0.05) is 36.4 Å². The minimum atomic E-state index is -0.436. The smallest absolute Gasteiger partial charge is 0.214 e. The Hall–Kier alpha value is -1.90. The third kappa shape index (κ3) is 3.03. The highest BCUT2D eigenvalue weighted by Gasteiger charge is 2.06. The van der Waals surface area contributed by atoms with Crippen molar-refractivity contribution >= 4 is 5.82 Å². The lowest BCUT2D eigenvalue weighted by Gasteiger charge is -2.21. The minimum absolute atomic E-state index is 0.436. The second-order valence-electron chi connectivity index (χ2n) is 3.82. The van der Waals surface area contributed by atoms with Crippen molar-refractivity contribution < 1.29 is 4.39 Å². The predicted octanol–water partition coefficient (Wildman–Crippen LogP) is 3.25. The summed E-state index contributed by atoms with van der Waals surface area (Å²) in [7, 11) is 0. The molecular weight excluding hydrogens is 215 g/mol. The highest BCUT2D eigenvalue weighted by molar-refractivity contribution is 5.39. The van der Waals surface area contributed by atoms with Crippen molar-refractivity contribution in [3.05, 3.63) is 60.0 Å². The summed E-state index contributed by atoms with van der Waals surface area (Å²) in [5, 5.41) is 0. The number of aromatic nitrogens is 1. The SMILES string of the molecule is CCN(Cc1ccccc1)c1cccc(F)n1. The van der Waals surface area contributed by atoms with Crippen molar-refractivity contribution in [1.29, 1.82) is 0 Å². The standard InChI is InChI=1S/C14H15FN2/c1-2-17(11-12-7-4-3-5-8-12)14-10-6-9-13(15)16-14/h3-10H,2,11H2,1H3. The maximum Gasteiger partial charge on any atom is 0.214 e.